The molecule has 1 amide bonds. The van der Waals surface area contributed by atoms with E-state index >= 15 is 0 Å². The number of phenols is 1. The van der Waals surface area contributed by atoms with Crippen molar-refractivity contribution in [3.63, 3.8) is 0 Å². The number of hydrogen-bond acceptors (Lipinski definition) is 2. The van der Waals surface area contributed by atoms with Crippen LogP contribution >= 0.6 is 0 Å². The van der Waals surface area contributed by atoms with Crippen molar-refractivity contribution in [2.45, 2.75) is 12.7 Å². The molecule has 0 aliphatic carbocycles. The van der Waals surface area contributed by atoms with Crippen LogP contribution in [0.2, 0.25) is 0 Å². The van der Waals surface area contributed by atoms with Gasteiger partial charge in [-0.1, -0.05) is 0 Å². The van der Waals surface area contributed by atoms with E-state index in [1.807, 2.05) is 0 Å². The maximum Gasteiger partial charge on any atom is 0.406 e. The van der Waals surface area contributed by atoms with Crippen LogP contribution in [0.15, 0.2) is 36.5 Å². The van der Waals surface area contributed by atoms with Gasteiger partial charge in [0.1, 0.15) is 12.2 Å². The third-order valence-corrected chi connectivity index (χ3v) is 2.62. The van der Waals surface area contributed by atoms with Crippen molar-refractivity contribution >= 4 is 11.6 Å². The largest absolute Gasteiger partial charge is 0.505 e. The van der Waals surface area contributed by atoms with E-state index in [2.05, 4.69) is 5.32 Å². The first-order valence-corrected chi connectivity index (χ1v) is 5.78. The van der Waals surface area contributed by atoms with Crippen molar-refractivity contribution in [3.8, 4) is 5.75 Å². The molecule has 1 heterocycles. The first-order chi connectivity index (χ1) is 9.76. The molecule has 8 heteroatoms. The number of rotatable bonds is 3. The number of halogens is 4. The molecular formula is C13H10F4N2O2. The second-order valence-electron chi connectivity index (χ2n) is 4.26. The highest BCUT2D eigenvalue weighted by Crippen LogP contribution is 2.21. The molecule has 0 fully saturated rings. The zero-order chi connectivity index (χ0) is 15.6. The zero-order valence-electron chi connectivity index (χ0n) is 10.5. The predicted molar refractivity (Wildman–Crippen MR) is 66.5 cm³/mol. The summed E-state index contributed by atoms with van der Waals surface area (Å²) in [5.74, 6) is -2.35. The third kappa shape index (κ3) is 3.74. The fourth-order valence-electron chi connectivity index (χ4n) is 1.73. The SMILES string of the molecule is O=C(Nc1ccc(O)c(F)c1)c1cccn1CC(F)(F)F. The number of phenolic OH excluding ortho intramolecular Hbond substituents is 1. The van der Waals surface area contributed by atoms with Crippen molar-refractivity contribution in [2.24, 2.45) is 0 Å². The quantitative estimate of drug-likeness (QED) is 0.676. The molecule has 4 nitrogen and oxygen atoms in total. The number of aromatic nitrogens is 1. The monoisotopic (exact) mass is 302 g/mol. The van der Waals surface area contributed by atoms with Gasteiger partial charge in [-0.15, -0.1) is 0 Å². The number of anilines is 1. The number of aromatic hydroxyl groups is 1. The summed E-state index contributed by atoms with van der Waals surface area (Å²) in [6, 6.07) is 5.65. The summed E-state index contributed by atoms with van der Waals surface area (Å²) in [7, 11) is 0. The van der Waals surface area contributed by atoms with Gasteiger partial charge in [0.15, 0.2) is 11.6 Å². The first-order valence-electron chi connectivity index (χ1n) is 5.78. The topological polar surface area (TPSA) is 54.3 Å². The molecule has 0 atom stereocenters. The standard InChI is InChI=1S/C13H10F4N2O2/c14-9-6-8(3-4-11(9)20)18-12(21)10-2-1-5-19(10)7-13(15,16)17/h1-6,20H,7H2,(H,18,21). The molecule has 2 aromatic rings. The Morgan fingerprint density at radius 1 is 1.29 bits per heavy atom. The van der Waals surface area contributed by atoms with Gasteiger partial charge >= 0.3 is 6.18 Å². The van der Waals surface area contributed by atoms with Gasteiger partial charge in [0.25, 0.3) is 5.91 Å². The van der Waals surface area contributed by atoms with Gasteiger partial charge in [-0.25, -0.2) is 4.39 Å². The van der Waals surface area contributed by atoms with Crippen molar-refractivity contribution in [1.82, 2.24) is 4.57 Å². The summed E-state index contributed by atoms with van der Waals surface area (Å²) in [6.07, 6.45) is -3.33. The fourth-order valence-corrected chi connectivity index (χ4v) is 1.73. The van der Waals surface area contributed by atoms with Gasteiger partial charge in [-0.3, -0.25) is 4.79 Å². The molecule has 0 aliphatic rings. The third-order valence-electron chi connectivity index (χ3n) is 2.62. The lowest BCUT2D eigenvalue weighted by Crippen LogP contribution is -2.23. The van der Waals surface area contributed by atoms with Gasteiger partial charge in [0.2, 0.25) is 0 Å². The summed E-state index contributed by atoms with van der Waals surface area (Å²) in [4.78, 5) is 11.9. The van der Waals surface area contributed by atoms with E-state index in [9.17, 15) is 22.4 Å². The fraction of sp³-hybridized carbons (Fsp3) is 0.154. The highest BCUT2D eigenvalue weighted by molar-refractivity contribution is 6.03. The van der Waals surface area contributed by atoms with Crippen molar-refractivity contribution in [1.29, 1.82) is 0 Å². The van der Waals surface area contributed by atoms with E-state index in [4.69, 9.17) is 5.11 Å². The Morgan fingerprint density at radius 2 is 2.00 bits per heavy atom. The normalized spacial score (nSPS) is 11.4. The van der Waals surface area contributed by atoms with Gasteiger partial charge in [0.05, 0.1) is 0 Å². The van der Waals surface area contributed by atoms with E-state index < -0.39 is 30.2 Å². The summed E-state index contributed by atoms with van der Waals surface area (Å²) < 4.78 is 50.9. The van der Waals surface area contributed by atoms with E-state index in [1.54, 1.807) is 0 Å². The smallest absolute Gasteiger partial charge is 0.406 e. The van der Waals surface area contributed by atoms with Crippen LogP contribution in [0.4, 0.5) is 23.2 Å². The Hall–Kier alpha value is -2.51. The molecule has 0 bridgehead atoms. The molecule has 112 valence electrons. The minimum Gasteiger partial charge on any atom is -0.505 e. The van der Waals surface area contributed by atoms with Crippen LogP contribution in [0.5, 0.6) is 5.75 Å². The molecule has 0 radical (unpaired) electrons. The molecule has 2 rings (SSSR count). The first kappa shape index (κ1) is 14.9. The molecular weight excluding hydrogens is 292 g/mol. The minimum atomic E-state index is -4.46. The van der Waals surface area contributed by atoms with Crippen molar-refractivity contribution in [2.75, 3.05) is 5.32 Å². The minimum absolute atomic E-state index is 0.0232. The maximum atomic E-state index is 13.1. The summed E-state index contributed by atoms with van der Waals surface area (Å²) in [5.41, 5.74) is -0.184. The van der Waals surface area contributed by atoms with Crippen LogP contribution in [0.3, 0.4) is 0 Å². The van der Waals surface area contributed by atoms with E-state index in [-0.39, 0.29) is 11.4 Å². The van der Waals surface area contributed by atoms with E-state index in [1.165, 1.54) is 18.2 Å². The molecule has 2 N–H and O–H groups in total. The summed E-state index contributed by atoms with van der Waals surface area (Å²) in [5, 5.41) is 11.3. The number of amides is 1. The number of hydrogen-bond donors (Lipinski definition) is 2. The molecule has 0 saturated heterocycles. The van der Waals surface area contributed by atoms with E-state index in [0.717, 1.165) is 22.9 Å². The highest BCUT2D eigenvalue weighted by Gasteiger charge is 2.29. The lowest BCUT2D eigenvalue weighted by molar-refractivity contribution is -0.140. The van der Waals surface area contributed by atoms with Crippen molar-refractivity contribution in [3.05, 3.63) is 48.0 Å². The molecule has 0 saturated carbocycles. The van der Waals surface area contributed by atoms with Gasteiger partial charge in [-0.2, -0.15) is 13.2 Å². The van der Waals surface area contributed by atoms with Gasteiger partial charge in [0, 0.05) is 18.0 Å². The maximum absolute atomic E-state index is 13.1. The Morgan fingerprint density at radius 3 is 2.62 bits per heavy atom. The molecule has 21 heavy (non-hydrogen) atoms. The average molecular weight is 302 g/mol. The zero-order valence-corrected chi connectivity index (χ0v) is 10.5. The molecule has 0 unspecified atom stereocenters. The second-order valence-corrected chi connectivity index (χ2v) is 4.26. The molecule has 1 aromatic carbocycles. The van der Waals surface area contributed by atoms with Crippen LogP contribution in [-0.4, -0.2) is 21.8 Å². The number of carbonyl (C=O) groups excluding carboxylic acids is 1. The lowest BCUT2D eigenvalue weighted by atomic mass is 10.2. The van der Waals surface area contributed by atoms with Crippen molar-refractivity contribution < 1.29 is 27.5 Å². The molecule has 1 aromatic heterocycles. The molecule has 0 aliphatic heterocycles. The predicted octanol–water partition coefficient (Wildman–Crippen LogP) is 3.15. The molecule has 0 spiro atoms. The second kappa shape index (κ2) is 5.47. The van der Waals surface area contributed by atoms with Crippen LogP contribution in [0, 0.1) is 5.82 Å². The summed E-state index contributed by atoms with van der Waals surface area (Å²) >= 11 is 0. The Labute approximate surface area is 116 Å². The number of benzene rings is 1. The van der Waals surface area contributed by atoms with Crippen LogP contribution < -0.4 is 5.32 Å². The number of nitrogens with one attached hydrogen (secondary N) is 1. The Balaban J connectivity index is 2.17. The van der Waals surface area contributed by atoms with Crippen LogP contribution in [0.25, 0.3) is 0 Å². The number of alkyl halides is 3. The van der Waals surface area contributed by atoms with Crippen LogP contribution in [0.1, 0.15) is 10.5 Å². The summed E-state index contributed by atoms with van der Waals surface area (Å²) in [6.45, 7) is -1.30. The number of carbonyl (C=O) groups is 1. The number of nitrogens with zero attached hydrogens (tertiary/aromatic N) is 1. The van der Waals surface area contributed by atoms with Gasteiger partial charge in [-0.05, 0) is 24.3 Å². The van der Waals surface area contributed by atoms with E-state index in [0.29, 0.717) is 0 Å². The highest BCUT2D eigenvalue weighted by atomic mass is 19.4. The Bertz CT molecular complexity index is 664. The van der Waals surface area contributed by atoms with Gasteiger partial charge < -0.3 is 15.0 Å². The lowest BCUT2D eigenvalue weighted by Gasteiger charge is -2.12. The van der Waals surface area contributed by atoms with Crippen LogP contribution in [-0.2, 0) is 6.54 Å². The Kier molecular flexibility index (Phi) is 3.88. The average Bonchev–Trinajstić information content (AvgIpc) is 2.79.